The molecule has 20 heavy (non-hydrogen) atoms. The molecule has 0 aliphatic carbocycles. The van der Waals surface area contributed by atoms with Gasteiger partial charge < -0.3 is 10.2 Å². The third kappa shape index (κ3) is 4.63. The van der Waals surface area contributed by atoms with Gasteiger partial charge in [0.15, 0.2) is 0 Å². The molecule has 0 bridgehead atoms. The molecule has 0 unspecified atom stereocenters. The lowest BCUT2D eigenvalue weighted by molar-refractivity contribution is 0.179. The predicted molar refractivity (Wildman–Crippen MR) is 82.3 cm³/mol. The highest BCUT2D eigenvalue weighted by Crippen LogP contribution is 2.13. The van der Waals surface area contributed by atoms with Crippen LogP contribution < -0.4 is 5.32 Å². The molecule has 1 aliphatic rings. The van der Waals surface area contributed by atoms with Gasteiger partial charge in [-0.2, -0.15) is 5.26 Å². The monoisotopic (exact) mass is 271 g/mol. The number of nitrogens with zero attached hydrogens (tertiary/aromatic N) is 2. The summed E-state index contributed by atoms with van der Waals surface area (Å²) in [5.74, 6) is 0.762. The quantitative estimate of drug-likeness (QED) is 0.895. The Morgan fingerprint density at radius 1 is 1.25 bits per heavy atom. The van der Waals surface area contributed by atoms with Crippen molar-refractivity contribution in [2.45, 2.75) is 39.3 Å². The largest absolute Gasteiger partial charge is 0.310 e. The lowest BCUT2D eigenvalue weighted by atomic mass is 10.0. The molecule has 1 aromatic carbocycles. The summed E-state index contributed by atoms with van der Waals surface area (Å²) in [6.45, 7) is 9.12. The summed E-state index contributed by atoms with van der Waals surface area (Å²) in [5, 5.41) is 12.4. The molecule has 0 spiro atoms. The van der Waals surface area contributed by atoms with E-state index in [1.807, 2.05) is 24.3 Å². The third-order valence-corrected chi connectivity index (χ3v) is 3.89. The number of hydrogen-bond donors (Lipinski definition) is 1. The van der Waals surface area contributed by atoms with Crippen molar-refractivity contribution in [3.8, 4) is 6.07 Å². The first kappa shape index (κ1) is 15.0. The zero-order valence-corrected chi connectivity index (χ0v) is 12.6. The van der Waals surface area contributed by atoms with Gasteiger partial charge in [-0.15, -0.1) is 0 Å². The molecule has 108 valence electrons. The normalized spacial score (nSPS) is 17.3. The van der Waals surface area contributed by atoms with E-state index in [0.29, 0.717) is 6.04 Å². The van der Waals surface area contributed by atoms with E-state index in [2.05, 4.69) is 30.1 Å². The van der Waals surface area contributed by atoms with Gasteiger partial charge in [-0.25, -0.2) is 0 Å². The molecule has 1 N–H and O–H groups in total. The number of nitriles is 1. The lowest BCUT2D eigenvalue weighted by Gasteiger charge is -2.33. The average molecular weight is 271 g/mol. The third-order valence-electron chi connectivity index (χ3n) is 3.89. The van der Waals surface area contributed by atoms with Crippen LogP contribution in [0.15, 0.2) is 24.3 Å². The van der Waals surface area contributed by atoms with Crippen LogP contribution in [0.5, 0.6) is 0 Å². The average Bonchev–Trinajstić information content (AvgIpc) is 2.46. The van der Waals surface area contributed by atoms with Gasteiger partial charge in [0, 0.05) is 19.1 Å². The molecule has 1 aromatic rings. The van der Waals surface area contributed by atoms with E-state index in [-0.39, 0.29) is 0 Å². The summed E-state index contributed by atoms with van der Waals surface area (Å²) in [5.41, 5.74) is 1.99. The van der Waals surface area contributed by atoms with E-state index >= 15 is 0 Å². The Balaban J connectivity index is 1.71. The molecule has 1 aliphatic heterocycles. The van der Waals surface area contributed by atoms with Crippen LogP contribution in [0.4, 0.5) is 0 Å². The molecule has 1 saturated heterocycles. The minimum atomic E-state index is 0.633. The van der Waals surface area contributed by atoms with Crippen molar-refractivity contribution in [3.63, 3.8) is 0 Å². The van der Waals surface area contributed by atoms with Crippen LogP contribution in [0.2, 0.25) is 0 Å². The molecule has 1 heterocycles. The molecular weight excluding hydrogens is 246 g/mol. The smallest absolute Gasteiger partial charge is 0.0991 e. The molecule has 3 heteroatoms. The second kappa shape index (κ2) is 7.42. The van der Waals surface area contributed by atoms with Gasteiger partial charge in [0.2, 0.25) is 0 Å². The molecule has 0 saturated carbocycles. The molecule has 1 fully saturated rings. The van der Waals surface area contributed by atoms with Crippen LogP contribution in [-0.2, 0) is 6.54 Å². The van der Waals surface area contributed by atoms with Crippen molar-refractivity contribution in [2.75, 3.05) is 19.6 Å². The van der Waals surface area contributed by atoms with E-state index in [4.69, 9.17) is 5.26 Å². The highest BCUT2D eigenvalue weighted by molar-refractivity contribution is 5.31. The standard InChI is InChI=1S/C17H25N3/c1-14(2)13-20-9-7-17(8-10-20)19-12-16-5-3-15(11-18)4-6-16/h3-6,14,17,19H,7-10,12-13H2,1-2H3. The number of nitrogens with one attached hydrogen (secondary N) is 1. The molecule has 3 nitrogen and oxygen atoms in total. The van der Waals surface area contributed by atoms with Crippen molar-refractivity contribution in [1.29, 1.82) is 5.26 Å². The first-order valence-corrected chi connectivity index (χ1v) is 7.62. The Kier molecular flexibility index (Phi) is 5.58. The maximum atomic E-state index is 8.78. The minimum absolute atomic E-state index is 0.633. The molecule has 0 amide bonds. The van der Waals surface area contributed by atoms with Crippen LogP contribution in [0.3, 0.4) is 0 Å². The molecule has 0 aromatic heterocycles. The van der Waals surface area contributed by atoms with Crippen LogP contribution in [0.25, 0.3) is 0 Å². The summed E-state index contributed by atoms with van der Waals surface area (Å²) >= 11 is 0. The van der Waals surface area contributed by atoms with E-state index in [9.17, 15) is 0 Å². The lowest BCUT2D eigenvalue weighted by Crippen LogP contribution is -2.43. The zero-order valence-electron chi connectivity index (χ0n) is 12.6. The molecule has 0 radical (unpaired) electrons. The van der Waals surface area contributed by atoms with Gasteiger partial charge in [0.05, 0.1) is 11.6 Å². The number of rotatable bonds is 5. The first-order valence-electron chi connectivity index (χ1n) is 7.62. The van der Waals surface area contributed by atoms with E-state index in [1.54, 1.807) is 0 Å². The Morgan fingerprint density at radius 3 is 2.45 bits per heavy atom. The number of benzene rings is 1. The summed E-state index contributed by atoms with van der Waals surface area (Å²) in [4.78, 5) is 2.57. The van der Waals surface area contributed by atoms with Crippen molar-refractivity contribution in [3.05, 3.63) is 35.4 Å². The van der Waals surface area contributed by atoms with Crippen molar-refractivity contribution >= 4 is 0 Å². The number of piperidine rings is 1. The summed E-state index contributed by atoms with van der Waals surface area (Å²) in [7, 11) is 0. The second-order valence-corrected chi connectivity index (χ2v) is 6.16. The van der Waals surface area contributed by atoms with Crippen molar-refractivity contribution < 1.29 is 0 Å². The first-order chi connectivity index (χ1) is 9.67. The highest BCUT2D eigenvalue weighted by Gasteiger charge is 2.18. The summed E-state index contributed by atoms with van der Waals surface area (Å²) in [6, 6.07) is 10.7. The topological polar surface area (TPSA) is 39.1 Å². The zero-order chi connectivity index (χ0) is 14.4. The summed E-state index contributed by atoms with van der Waals surface area (Å²) < 4.78 is 0. The van der Waals surface area contributed by atoms with E-state index in [0.717, 1.165) is 18.0 Å². The SMILES string of the molecule is CC(C)CN1CCC(NCc2ccc(C#N)cc2)CC1. The van der Waals surface area contributed by atoms with Crippen molar-refractivity contribution in [2.24, 2.45) is 5.92 Å². The van der Waals surface area contributed by atoms with Crippen LogP contribution in [0.1, 0.15) is 37.8 Å². The van der Waals surface area contributed by atoms with Gasteiger partial charge in [-0.3, -0.25) is 0 Å². The van der Waals surface area contributed by atoms with Crippen LogP contribution in [0, 0.1) is 17.2 Å². The Hall–Kier alpha value is -1.37. The molecular formula is C17H25N3. The van der Waals surface area contributed by atoms with Gasteiger partial charge in [0.25, 0.3) is 0 Å². The Labute approximate surface area is 122 Å². The second-order valence-electron chi connectivity index (χ2n) is 6.16. The predicted octanol–water partition coefficient (Wildman–Crippen LogP) is 2.77. The molecule has 2 rings (SSSR count). The van der Waals surface area contributed by atoms with Gasteiger partial charge in [-0.05, 0) is 49.5 Å². The number of likely N-dealkylation sites (tertiary alicyclic amines) is 1. The van der Waals surface area contributed by atoms with Gasteiger partial charge >= 0.3 is 0 Å². The maximum Gasteiger partial charge on any atom is 0.0991 e. The van der Waals surface area contributed by atoms with E-state index in [1.165, 1.54) is 38.0 Å². The van der Waals surface area contributed by atoms with Crippen LogP contribution >= 0.6 is 0 Å². The fraction of sp³-hybridized carbons (Fsp3) is 0.588. The maximum absolute atomic E-state index is 8.78. The van der Waals surface area contributed by atoms with Crippen LogP contribution in [-0.4, -0.2) is 30.6 Å². The fourth-order valence-electron chi connectivity index (χ4n) is 2.80. The fourth-order valence-corrected chi connectivity index (χ4v) is 2.80. The minimum Gasteiger partial charge on any atom is -0.310 e. The van der Waals surface area contributed by atoms with Crippen molar-refractivity contribution in [1.82, 2.24) is 10.2 Å². The summed E-state index contributed by atoms with van der Waals surface area (Å²) in [6.07, 6.45) is 2.48. The number of hydrogen-bond acceptors (Lipinski definition) is 3. The van der Waals surface area contributed by atoms with Gasteiger partial charge in [-0.1, -0.05) is 26.0 Å². The Morgan fingerprint density at radius 2 is 1.90 bits per heavy atom. The van der Waals surface area contributed by atoms with E-state index < -0.39 is 0 Å². The Bertz CT molecular complexity index is 436. The highest BCUT2D eigenvalue weighted by atomic mass is 15.1. The van der Waals surface area contributed by atoms with Gasteiger partial charge in [0.1, 0.15) is 0 Å². The molecule has 0 atom stereocenters.